The van der Waals surface area contributed by atoms with Gasteiger partial charge >= 0.3 is 0 Å². The van der Waals surface area contributed by atoms with Crippen molar-refractivity contribution in [3.63, 3.8) is 0 Å². The molecule has 0 aromatic heterocycles. The molecular weight excluding hydrogens is 146 g/mol. The first-order valence-electron chi connectivity index (χ1n) is 3.57. The number of ether oxygens (including phenoxy) is 1. The summed E-state index contributed by atoms with van der Waals surface area (Å²) in [5.41, 5.74) is 0. The van der Waals surface area contributed by atoms with Crippen molar-refractivity contribution in [1.82, 2.24) is 4.90 Å². The number of aliphatic hydroxyl groups excluding tert-OH is 1. The van der Waals surface area contributed by atoms with Crippen LogP contribution in [0.4, 0.5) is 0 Å². The van der Waals surface area contributed by atoms with Crippen LogP contribution in [0.3, 0.4) is 0 Å². The fourth-order valence-electron chi connectivity index (χ4n) is 0.749. The number of aliphatic hydroxyl groups is 1. The van der Waals surface area contributed by atoms with Crippen molar-refractivity contribution in [2.24, 2.45) is 0 Å². The van der Waals surface area contributed by atoms with Crippen LogP contribution < -0.4 is 0 Å². The Morgan fingerprint density at radius 1 is 1.55 bits per heavy atom. The fourth-order valence-corrected chi connectivity index (χ4v) is 0.749. The minimum Gasteiger partial charge on any atom is -0.395 e. The average Bonchev–Trinajstić information content (AvgIpc) is 1.97. The number of carbonyl (C=O) groups excluding carboxylic acids is 1. The largest absolute Gasteiger partial charge is 0.395 e. The fraction of sp³-hybridized carbons (Fsp3) is 0.857. The second-order valence-electron chi connectivity index (χ2n) is 2.22. The summed E-state index contributed by atoms with van der Waals surface area (Å²) < 4.78 is 4.79. The molecule has 0 bridgehead atoms. The third-order valence-electron chi connectivity index (χ3n) is 1.38. The lowest BCUT2D eigenvalue weighted by Gasteiger charge is -2.18. The van der Waals surface area contributed by atoms with Crippen LogP contribution in [0.1, 0.15) is 6.92 Å². The molecule has 0 aromatic rings. The van der Waals surface area contributed by atoms with Crippen LogP contribution in [0, 0.1) is 0 Å². The van der Waals surface area contributed by atoms with Crippen molar-refractivity contribution < 1.29 is 14.6 Å². The molecule has 0 radical (unpaired) electrons. The van der Waals surface area contributed by atoms with E-state index in [0.717, 1.165) is 0 Å². The smallest absolute Gasteiger partial charge is 0.219 e. The van der Waals surface area contributed by atoms with E-state index < -0.39 is 0 Å². The SMILES string of the molecule is COCCN(CCO)C(C)=O. The van der Waals surface area contributed by atoms with Crippen LogP contribution in [0.15, 0.2) is 0 Å². The Kier molecular flexibility index (Phi) is 5.78. The zero-order chi connectivity index (χ0) is 8.69. The molecule has 0 aromatic carbocycles. The van der Waals surface area contributed by atoms with Gasteiger partial charge < -0.3 is 14.7 Å². The molecular formula is C7H15NO3. The van der Waals surface area contributed by atoms with E-state index in [9.17, 15) is 4.79 Å². The second-order valence-corrected chi connectivity index (χ2v) is 2.22. The summed E-state index contributed by atoms with van der Waals surface area (Å²) >= 11 is 0. The summed E-state index contributed by atoms with van der Waals surface area (Å²) in [6.45, 7) is 2.93. The van der Waals surface area contributed by atoms with Gasteiger partial charge in [0, 0.05) is 27.1 Å². The second kappa shape index (κ2) is 6.12. The molecule has 4 heteroatoms. The Balaban J connectivity index is 3.60. The maximum atomic E-state index is 10.8. The number of nitrogens with zero attached hydrogens (tertiary/aromatic N) is 1. The molecule has 0 fully saturated rings. The molecule has 4 nitrogen and oxygen atoms in total. The molecule has 0 spiro atoms. The van der Waals surface area contributed by atoms with Gasteiger partial charge in [-0.2, -0.15) is 0 Å². The van der Waals surface area contributed by atoms with E-state index in [-0.39, 0.29) is 12.5 Å². The lowest BCUT2D eigenvalue weighted by molar-refractivity contribution is -0.129. The summed E-state index contributed by atoms with van der Waals surface area (Å²) in [6.07, 6.45) is 0. The number of hydrogen-bond donors (Lipinski definition) is 1. The maximum Gasteiger partial charge on any atom is 0.219 e. The van der Waals surface area contributed by atoms with Crippen LogP contribution in [-0.4, -0.2) is 49.3 Å². The molecule has 1 N–H and O–H groups in total. The van der Waals surface area contributed by atoms with Crippen LogP contribution in [-0.2, 0) is 9.53 Å². The maximum absolute atomic E-state index is 10.8. The van der Waals surface area contributed by atoms with Gasteiger partial charge in [-0.1, -0.05) is 0 Å². The minimum atomic E-state index is -0.0314. The summed E-state index contributed by atoms with van der Waals surface area (Å²) in [7, 11) is 1.58. The minimum absolute atomic E-state index is 0.00327. The van der Waals surface area contributed by atoms with Gasteiger partial charge in [0.2, 0.25) is 5.91 Å². The highest BCUT2D eigenvalue weighted by atomic mass is 16.5. The Hall–Kier alpha value is -0.610. The highest BCUT2D eigenvalue weighted by Gasteiger charge is 2.05. The topological polar surface area (TPSA) is 49.8 Å². The third kappa shape index (κ3) is 4.75. The van der Waals surface area contributed by atoms with Crippen molar-refractivity contribution in [2.45, 2.75) is 6.92 Å². The number of carbonyl (C=O) groups is 1. The van der Waals surface area contributed by atoms with Crippen molar-refractivity contribution in [3.05, 3.63) is 0 Å². The van der Waals surface area contributed by atoms with Crippen LogP contribution in [0.2, 0.25) is 0 Å². The average molecular weight is 161 g/mol. The third-order valence-corrected chi connectivity index (χ3v) is 1.38. The standard InChI is InChI=1S/C7H15NO3/c1-7(10)8(3-5-9)4-6-11-2/h9H,3-6H2,1-2H3. The van der Waals surface area contributed by atoms with Gasteiger partial charge in [-0.3, -0.25) is 4.79 Å². The van der Waals surface area contributed by atoms with E-state index in [1.165, 1.54) is 6.92 Å². The Morgan fingerprint density at radius 3 is 2.55 bits per heavy atom. The van der Waals surface area contributed by atoms with Gasteiger partial charge in [-0.15, -0.1) is 0 Å². The van der Waals surface area contributed by atoms with Crippen LogP contribution in [0.5, 0.6) is 0 Å². The molecule has 0 aliphatic rings. The van der Waals surface area contributed by atoms with Crippen LogP contribution >= 0.6 is 0 Å². The molecule has 0 rings (SSSR count). The summed E-state index contributed by atoms with van der Waals surface area (Å²) in [5, 5.41) is 8.55. The summed E-state index contributed by atoms with van der Waals surface area (Å²) in [4.78, 5) is 12.3. The number of amides is 1. The van der Waals surface area contributed by atoms with E-state index in [1.807, 2.05) is 0 Å². The number of rotatable bonds is 5. The molecule has 0 saturated carbocycles. The van der Waals surface area contributed by atoms with Crippen molar-refractivity contribution in [3.8, 4) is 0 Å². The first kappa shape index (κ1) is 10.4. The molecule has 66 valence electrons. The molecule has 0 aliphatic carbocycles. The predicted molar refractivity (Wildman–Crippen MR) is 41.2 cm³/mol. The lowest BCUT2D eigenvalue weighted by Crippen LogP contribution is -2.34. The molecule has 0 saturated heterocycles. The van der Waals surface area contributed by atoms with Gasteiger partial charge in [0.15, 0.2) is 0 Å². The first-order chi connectivity index (χ1) is 5.22. The monoisotopic (exact) mass is 161 g/mol. The molecule has 11 heavy (non-hydrogen) atoms. The molecule has 1 amide bonds. The Morgan fingerprint density at radius 2 is 2.18 bits per heavy atom. The number of methoxy groups -OCH3 is 1. The zero-order valence-electron chi connectivity index (χ0n) is 7.04. The van der Waals surface area contributed by atoms with Gasteiger partial charge in [0.25, 0.3) is 0 Å². The van der Waals surface area contributed by atoms with E-state index in [4.69, 9.17) is 9.84 Å². The molecule has 0 unspecified atom stereocenters. The zero-order valence-corrected chi connectivity index (χ0v) is 7.04. The van der Waals surface area contributed by atoms with E-state index >= 15 is 0 Å². The van der Waals surface area contributed by atoms with E-state index in [1.54, 1.807) is 12.0 Å². The van der Waals surface area contributed by atoms with Gasteiger partial charge in [-0.25, -0.2) is 0 Å². The predicted octanol–water partition coefficient (Wildman–Crippen LogP) is -0.526. The Labute approximate surface area is 66.8 Å². The van der Waals surface area contributed by atoms with Crippen molar-refractivity contribution >= 4 is 5.91 Å². The van der Waals surface area contributed by atoms with E-state index in [0.29, 0.717) is 19.7 Å². The van der Waals surface area contributed by atoms with Crippen molar-refractivity contribution in [2.75, 3.05) is 33.4 Å². The normalized spacial score (nSPS) is 9.73. The van der Waals surface area contributed by atoms with E-state index in [2.05, 4.69) is 0 Å². The van der Waals surface area contributed by atoms with Gasteiger partial charge in [0.1, 0.15) is 0 Å². The van der Waals surface area contributed by atoms with Crippen LogP contribution in [0.25, 0.3) is 0 Å². The van der Waals surface area contributed by atoms with Gasteiger partial charge in [-0.05, 0) is 0 Å². The first-order valence-corrected chi connectivity index (χ1v) is 3.57. The van der Waals surface area contributed by atoms with Gasteiger partial charge in [0.05, 0.1) is 13.2 Å². The molecule has 0 atom stereocenters. The highest BCUT2D eigenvalue weighted by molar-refractivity contribution is 5.73. The molecule has 0 aliphatic heterocycles. The summed E-state index contributed by atoms with van der Waals surface area (Å²) in [5.74, 6) is -0.0314. The quantitative estimate of drug-likeness (QED) is 0.590. The molecule has 0 heterocycles. The number of hydrogen-bond acceptors (Lipinski definition) is 3. The summed E-state index contributed by atoms with van der Waals surface area (Å²) in [6, 6.07) is 0. The highest BCUT2D eigenvalue weighted by Crippen LogP contribution is 1.87. The lowest BCUT2D eigenvalue weighted by atomic mass is 10.4. The Bertz CT molecular complexity index is 116. The van der Waals surface area contributed by atoms with Crippen molar-refractivity contribution in [1.29, 1.82) is 0 Å².